The highest BCUT2D eigenvalue weighted by Gasteiger charge is 2.22. The van der Waals surface area contributed by atoms with E-state index in [1.807, 2.05) is 69.3 Å². The number of nitrogens with zero attached hydrogens (tertiary/aromatic N) is 2. The number of hydrogen-bond acceptors (Lipinski definition) is 3. The van der Waals surface area contributed by atoms with Gasteiger partial charge in [0, 0.05) is 11.1 Å². The molecule has 140 valence electrons. The van der Waals surface area contributed by atoms with Crippen molar-refractivity contribution in [3.8, 4) is 16.9 Å². The van der Waals surface area contributed by atoms with Crippen LogP contribution in [0.5, 0.6) is 0 Å². The van der Waals surface area contributed by atoms with E-state index in [9.17, 15) is 4.79 Å². The normalized spacial score (nSPS) is 11.3. The first-order chi connectivity index (χ1) is 12.8. The van der Waals surface area contributed by atoms with E-state index < -0.39 is 0 Å². The fraction of sp³-hybridized carbons (Fsp3) is 0.200. The van der Waals surface area contributed by atoms with E-state index >= 15 is 0 Å². The highest BCUT2D eigenvalue weighted by Crippen LogP contribution is 2.35. The molecule has 0 saturated heterocycles. The Balaban J connectivity index is 2.10. The molecular formula is C20H22ClN5O. The second-order valence-corrected chi connectivity index (χ2v) is 7.57. The Morgan fingerprint density at radius 3 is 2.33 bits per heavy atom. The van der Waals surface area contributed by atoms with Gasteiger partial charge in [-0.15, -0.1) is 0 Å². The van der Waals surface area contributed by atoms with Gasteiger partial charge >= 0.3 is 6.03 Å². The number of carbonyl (C=O) groups excluding carboxylic acids is 1. The van der Waals surface area contributed by atoms with Crippen LogP contribution in [0.15, 0.2) is 54.6 Å². The molecule has 0 aliphatic rings. The average molecular weight is 384 g/mol. The van der Waals surface area contributed by atoms with Gasteiger partial charge in [0.1, 0.15) is 11.4 Å². The molecule has 4 N–H and O–H groups in total. The standard InChI is InChI=1S/C20H22ClN5O/c1-20(2,3)24-19(27)23-17-16(13-9-5-4-6-10-13)25-26(18(17)22)15-12-8-7-11-14(15)21/h4-12H,22H2,1-3H3,(H2,23,24,27). The quantitative estimate of drug-likeness (QED) is 0.613. The van der Waals surface area contributed by atoms with E-state index in [4.69, 9.17) is 17.3 Å². The largest absolute Gasteiger partial charge is 0.382 e. The van der Waals surface area contributed by atoms with E-state index in [0.29, 0.717) is 27.9 Å². The molecule has 0 saturated carbocycles. The molecule has 0 aliphatic carbocycles. The van der Waals surface area contributed by atoms with Crippen molar-refractivity contribution in [3.63, 3.8) is 0 Å². The topological polar surface area (TPSA) is 85.0 Å². The Hall–Kier alpha value is -2.99. The first kappa shape index (κ1) is 18.8. The van der Waals surface area contributed by atoms with Gasteiger partial charge in [-0.2, -0.15) is 5.10 Å². The minimum Gasteiger partial charge on any atom is -0.382 e. The van der Waals surface area contributed by atoms with Crippen LogP contribution in [0, 0.1) is 0 Å². The fourth-order valence-corrected chi connectivity index (χ4v) is 2.86. The van der Waals surface area contributed by atoms with E-state index in [1.54, 1.807) is 6.07 Å². The van der Waals surface area contributed by atoms with Gasteiger partial charge in [-0.1, -0.05) is 54.1 Å². The number of para-hydroxylation sites is 1. The molecule has 2 amide bonds. The molecule has 0 atom stereocenters. The van der Waals surface area contributed by atoms with Crippen molar-refractivity contribution in [1.29, 1.82) is 0 Å². The molecule has 27 heavy (non-hydrogen) atoms. The smallest absolute Gasteiger partial charge is 0.319 e. The minimum absolute atomic E-state index is 0.297. The molecular weight excluding hydrogens is 362 g/mol. The summed E-state index contributed by atoms with van der Waals surface area (Å²) >= 11 is 6.32. The number of nitrogens with two attached hydrogens (primary N) is 1. The monoisotopic (exact) mass is 383 g/mol. The van der Waals surface area contributed by atoms with Gasteiger partial charge in [0.05, 0.1) is 10.7 Å². The molecule has 1 aromatic heterocycles. The number of nitrogens with one attached hydrogen (secondary N) is 2. The second kappa shape index (κ2) is 7.32. The summed E-state index contributed by atoms with van der Waals surface area (Å²) in [6, 6.07) is 16.4. The number of hydrogen-bond donors (Lipinski definition) is 3. The first-order valence-corrected chi connectivity index (χ1v) is 8.92. The summed E-state index contributed by atoms with van der Waals surface area (Å²) in [4.78, 5) is 12.4. The summed E-state index contributed by atoms with van der Waals surface area (Å²) in [6.45, 7) is 5.71. The van der Waals surface area contributed by atoms with Crippen LogP contribution in [0.3, 0.4) is 0 Å². The van der Waals surface area contributed by atoms with E-state index in [0.717, 1.165) is 5.56 Å². The third-order valence-electron chi connectivity index (χ3n) is 3.78. The van der Waals surface area contributed by atoms with E-state index in [2.05, 4.69) is 15.7 Å². The third kappa shape index (κ3) is 4.23. The van der Waals surface area contributed by atoms with Crippen molar-refractivity contribution in [1.82, 2.24) is 15.1 Å². The number of benzene rings is 2. The average Bonchev–Trinajstić information content (AvgIpc) is 2.91. The van der Waals surface area contributed by atoms with Crippen LogP contribution >= 0.6 is 11.6 Å². The Morgan fingerprint density at radius 2 is 1.70 bits per heavy atom. The lowest BCUT2D eigenvalue weighted by Gasteiger charge is -2.20. The Labute approximate surface area is 163 Å². The molecule has 7 heteroatoms. The SMILES string of the molecule is CC(C)(C)NC(=O)Nc1c(-c2ccccc2)nn(-c2ccccc2Cl)c1N. The highest BCUT2D eigenvalue weighted by atomic mass is 35.5. The van der Waals surface area contributed by atoms with Crippen LogP contribution < -0.4 is 16.4 Å². The third-order valence-corrected chi connectivity index (χ3v) is 4.10. The van der Waals surface area contributed by atoms with Crippen molar-refractivity contribution < 1.29 is 4.79 Å². The maximum absolute atomic E-state index is 12.4. The van der Waals surface area contributed by atoms with Gasteiger partial charge < -0.3 is 16.4 Å². The van der Waals surface area contributed by atoms with Crippen LogP contribution in [0.4, 0.5) is 16.3 Å². The fourth-order valence-electron chi connectivity index (χ4n) is 2.64. The maximum atomic E-state index is 12.4. The van der Waals surface area contributed by atoms with Gasteiger partial charge in [-0.3, -0.25) is 0 Å². The molecule has 3 aromatic rings. The lowest BCUT2D eigenvalue weighted by atomic mass is 10.1. The number of halogens is 1. The van der Waals surface area contributed by atoms with E-state index in [1.165, 1.54) is 4.68 Å². The number of amides is 2. The van der Waals surface area contributed by atoms with Gasteiger partial charge in [0.2, 0.25) is 0 Å². The molecule has 0 spiro atoms. The predicted octanol–water partition coefficient (Wildman–Crippen LogP) is 4.69. The molecule has 0 bridgehead atoms. The van der Waals surface area contributed by atoms with Gasteiger partial charge in [0.15, 0.2) is 5.82 Å². The molecule has 0 fully saturated rings. The Kier molecular flexibility index (Phi) is 5.10. The maximum Gasteiger partial charge on any atom is 0.319 e. The van der Waals surface area contributed by atoms with Gasteiger partial charge in [-0.05, 0) is 32.9 Å². The summed E-state index contributed by atoms with van der Waals surface area (Å²) < 4.78 is 1.54. The molecule has 0 radical (unpaired) electrons. The van der Waals surface area contributed by atoms with Crippen LogP contribution in [-0.2, 0) is 0 Å². The van der Waals surface area contributed by atoms with Crippen molar-refractivity contribution in [2.24, 2.45) is 0 Å². The van der Waals surface area contributed by atoms with Crippen molar-refractivity contribution in [2.45, 2.75) is 26.3 Å². The molecule has 6 nitrogen and oxygen atoms in total. The number of carbonyl (C=O) groups is 1. The summed E-state index contributed by atoms with van der Waals surface area (Å²) in [5, 5.41) is 10.8. The van der Waals surface area contributed by atoms with Crippen molar-refractivity contribution >= 4 is 29.1 Å². The zero-order valence-corrected chi connectivity index (χ0v) is 16.2. The molecule has 0 aliphatic heterocycles. The van der Waals surface area contributed by atoms with Crippen molar-refractivity contribution in [2.75, 3.05) is 11.1 Å². The minimum atomic E-state index is -0.384. The highest BCUT2D eigenvalue weighted by molar-refractivity contribution is 6.32. The van der Waals surface area contributed by atoms with Crippen molar-refractivity contribution in [3.05, 3.63) is 59.6 Å². The van der Waals surface area contributed by atoms with E-state index in [-0.39, 0.29) is 11.6 Å². The molecule has 3 rings (SSSR count). The molecule has 1 heterocycles. The number of aromatic nitrogens is 2. The molecule has 0 unspecified atom stereocenters. The van der Waals surface area contributed by atoms with Crippen LogP contribution in [0.2, 0.25) is 5.02 Å². The number of rotatable bonds is 3. The van der Waals surface area contributed by atoms with Crippen LogP contribution in [0.25, 0.3) is 16.9 Å². The van der Waals surface area contributed by atoms with Crippen LogP contribution in [-0.4, -0.2) is 21.4 Å². The molecule has 2 aromatic carbocycles. The first-order valence-electron chi connectivity index (χ1n) is 8.54. The van der Waals surface area contributed by atoms with Crippen LogP contribution in [0.1, 0.15) is 20.8 Å². The zero-order chi connectivity index (χ0) is 19.6. The lowest BCUT2D eigenvalue weighted by molar-refractivity contribution is 0.244. The number of anilines is 2. The Morgan fingerprint density at radius 1 is 1.07 bits per heavy atom. The number of nitrogen functional groups attached to an aromatic ring is 1. The summed E-state index contributed by atoms with van der Waals surface area (Å²) in [5.74, 6) is 0.297. The van der Waals surface area contributed by atoms with Gasteiger partial charge in [0.25, 0.3) is 0 Å². The second-order valence-electron chi connectivity index (χ2n) is 7.17. The van der Waals surface area contributed by atoms with Gasteiger partial charge in [-0.25, -0.2) is 9.48 Å². The summed E-state index contributed by atoms with van der Waals surface area (Å²) in [6.07, 6.45) is 0. The Bertz CT molecular complexity index is 960. The number of urea groups is 1. The summed E-state index contributed by atoms with van der Waals surface area (Å²) in [7, 11) is 0. The lowest BCUT2D eigenvalue weighted by Crippen LogP contribution is -2.43. The zero-order valence-electron chi connectivity index (χ0n) is 15.5. The predicted molar refractivity (Wildman–Crippen MR) is 110 cm³/mol. The summed E-state index contributed by atoms with van der Waals surface area (Å²) in [5.41, 5.74) is 8.44.